The Balaban J connectivity index is 2.11. The predicted molar refractivity (Wildman–Crippen MR) is 133 cm³/mol. The molecule has 0 N–H and O–H groups in total. The minimum atomic E-state index is 1.31. The Morgan fingerprint density at radius 1 is 0.300 bits per heavy atom. The molecule has 0 aliphatic carbocycles. The van der Waals surface area contributed by atoms with Crippen LogP contribution in [0.1, 0.15) is 22.3 Å². The summed E-state index contributed by atoms with van der Waals surface area (Å²) in [7, 11) is 0. The molecule has 144 valence electrons. The van der Waals surface area contributed by atoms with Gasteiger partial charge in [0.2, 0.25) is 0 Å². The SMILES string of the molecule is Cc1ccc2c3ccc(C)cc3c3c4cc(C)ccc4c4ccc(C)cc4c3c2c1. The van der Waals surface area contributed by atoms with Gasteiger partial charge < -0.3 is 0 Å². The van der Waals surface area contributed by atoms with Crippen molar-refractivity contribution in [1.82, 2.24) is 0 Å². The molecule has 0 fully saturated rings. The Labute approximate surface area is 176 Å². The molecule has 30 heavy (non-hydrogen) atoms. The van der Waals surface area contributed by atoms with Crippen molar-refractivity contribution in [3.63, 3.8) is 0 Å². The van der Waals surface area contributed by atoms with E-state index in [2.05, 4.69) is 100 Å². The average molecular weight is 385 g/mol. The summed E-state index contributed by atoms with van der Waals surface area (Å²) < 4.78 is 0. The molecule has 0 nitrogen and oxygen atoms in total. The van der Waals surface area contributed by atoms with Crippen molar-refractivity contribution in [2.45, 2.75) is 27.7 Å². The monoisotopic (exact) mass is 384 g/mol. The van der Waals surface area contributed by atoms with Gasteiger partial charge in [-0.05, 0) is 81.6 Å². The van der Waals surface area contributed by atoms with Gasteiger partial charge in [-0.1, -0.05) is 95.1 Å². The van der Waals surface area contributed by atoms with Crippen molar-refractivity contribution < 1.29 is 0 Å². The fraction of sp³-hybridized carbons (Fsp3) is 0.133. The van der Waals surface area contributed by atoms with Gasteiger partial charge in [-0.25, -0.2) is 0 Å². The summed E-state index contributed by atoms with van der Waals surface area (Å²) in [5.74, 6) is 0. The zero-order chi connectivity index (χ0) is 20.6. The lowest BCUT2D eigenvalue weighted by Gasteiger charge is -2.18. The van der Waals surface area contributed by atoms with Gasteiger partial charge in [0.1, 0.15) is 0 Å². The highest BCUT2D eigenvalue weighted by Crippen LogP contribution is 2.44. The van der Waals surface area contributed by atoms with Crippen LogP contribution in [0.2, 0.25) is 0 Å². The van der Waals surface area contributed by atoms with Crippen LogP contribution in [-0.4, -0.2) is 0 Å². The zero-order valence-corrected chi connectivity index (χ0v) is 17.9. The van der Waals surface area contributed by atoms with Gasteiger partial charge in [0, 0.05) is 0 Å². The molecule has 0 unspecified atom stereocenters. The number of benzene rings is 6. The summed E-state index contributed by atoms with van der Waals surface area (Å²) in [6.07, 6.45) is 0. The minimum Gasteiger partial charge on any atom is -0.0587 e. The lowest BCUT2D eigenvalue weighted by Crippen LogP contribution is -1.90. The zero-order valence-electron chi connectivity index (χ0n) is 17.9. The first-order valence-electron chi connectivity index (χ1n) is 10.7. The maximum absolute atomic E-state index is 2.38. The van der Waals surface area contributed by atoms with Crippen LogP contribution < -0.4 is 0 Å². The number of rotatable bonds is 0. The normalized spacial score (nSPS) is 12.0. The smallest absolute Gasteiger partial charge is 0.00137 e. The van der Waals surface area contributed by atoms with Crippen LogP contribution in [0.3, 0.4) is 0 Å². The molecule has 0 bridgehead atoms. The molecule has 0 aromatic heterocycles. The Bertz CT molecular complexity index is 1420. The fourth-order valence-corrected chi connectivity index (χ4v) is 5.23. The first-order chi connectivity index (χ1) is 14.5. The summed E-state index contributed by atoms with van der Waals surface area (Å²) >= 11 is 0. The summed E-state index contributed by atoms with van der Waals surface area (Å²) in [5, 5.41) is 13.6. The summed E-state index contributed by atoms with van der Waals surface area (Å²) in [6, 6.07) is 27.7. The van der Waals surface area contributed by atoms with Gasteiger partial charge in [-0.2, -0.15) is 0 Å². The minimum absolute atomic E-state index is 1.31. The highest BCUT2D eigenvalue weighted by molar-refractivity contribution is 6.39. The van der Waals surface area contributed by atoms with E-state index in [1.165, 1.54) is 76.1 Å². The molecule has 0 aliphatic rings. The standard InChI is InChI=1S/C30H24/c1-17-5-9-21-22-10-6-19(3)15-27(22)30-28-16-20(4)8-12-24(28)23-11-7-18(2)14-26(23)29(30)25(21)13-17/h5-16H,1-4H3. The van der Waals surface area contributed by atoms with Crippen molar-refractivity contribution in [2.75, 3.05) is 0 Å². The summed E-state index contributed by atoms with van der Waals surface area (Å²) in [4.78, 5) is 0. The van der Waals surface area contributed by atoms with Gasteiger partial charge in [0.15, 0.2) is 0 Å². The van der Waals surface area contributed by atoms with Crippen molar-refractivity contribution in [1.29, 1.82) is 0 Å². The molecular formula is C30H24. The molecule has 0 spiro atoms. The molecule has 0 amide bonds. The number of hydrogen-bond acceptors (Lipinski definition) is 0. The van der Waals surface area contributed by atoms with Crippen LogP contribution >= 0.6 is 0 Å². The van der Waals surface area contributed by atoms with Gasteiger partial charge in [-0.3, -0.25) is 0 Å². The molecule has 0 heterocycles. The van der Waals surface area contributed by atoms with Crippen LogP contribution in [0.5, 0.6) is 0 Å². The first-order valence-corrected chi connectivity index (χ1v) is 10.7. The second-order valence-corrected chi connectivity index (χ2v) is 8.95. The fourth-order valence-electron chi connectivity index (χ4n) is 5.23. The number of hydrogen-bond donors (Lipinski definition) is 0. The molecule has 0 saturated carbocycles. The quantitative estimate of drug-likeness (QED) is 0.230. The lowest BCUT2D eigenvalue weighted by atomic mass is 9.85. The molecule has 0 aliphatic heterocycles. The van der Waals surface area contributed by atoms with E-state index >= 15 is 0 Å². The summed E-state index contributed by atoms with van der Waals surface area (Å²) in [5.41, 5.74) is 5.22. The molecule has 0 atom stereocenters. The molecular weight excluding hydrogens is 360 g/mol. The van der Waals surface area contributed by atoms with Crippen LogP contribution in [0.15, 0.2) is 72.8 Å². The number of fused-ring (bicyclic) bond motifs is 11. The van der Waals surface area contributed by atoms with Crippen molar-refractivity contribution in [3.8, 4) is 0 Å². The molecule has 6 aromatic rings. The van der Waals surface area contributed by atoms with Gasteiger partial charge in [-0.15, -0.1) is 0 Å². The van der Waals surface area contributed by atoms with Crippen LogP contribution in [-0.2, 0) is 0 Å². The van der Waals surface area contributed by atoms with Crippen LogP contribution in [0.4, 0.5) is 0 Å². The Morgan fingerprint density at radius 2 is 0.533 bits per heavy atom. The van der Waals surface area contributed by atoms with E-state index in [4.69, 9.17) is 0 Å². The Kier molecular flexibility index (Phi) is 3.53. The maximum atomic E-state index is 2.38. The van der Waals surface area contributed by atoms with Crippen LogP contribution in [0, 0.1) is 27.7 Å². The van der Waals surface area contributed by atoms with Crippen LogP contribution in [0.25, 0.3) is 53.9 Å². The van der Waals surface area contributed by atoms with E-state index in [1.807, 2.05) is 0 Å². The Hall–Kier alpha value is -3.38. The van der Waals surface area contributed by atoms with Crippen molar-refractivity contribution in [3.05, 3.63) is 95.1 Å². The predicted octanol–water partition coefficient (Wildman–Crippen LogP) is 8.69. The van der Waals surface area contributed by atoms with Gasteiger partial charge in [0.25, 0.3) is 0 Å². The first kappa shape index (κ1) is 17.5. The van der Waals surface area contributed by atoms with Gasteiger partial charge >= 0.3 is 0 Å². The molecule has 6 rings (SSSR count). The third-order valence-electron chi connectivity index (χ3n) is 6.61. The molecule has 0 saturated heterocycles. The van der Waals surface area contributed by atoms with Crippen molar-refractivity contribution in [2.24, 2.45) is 0 Å². The third-order valence-corrected chi connectivity index (χ3v) is 6.61. The topological polar surface area (TPSA) is 0 Å². The largest absolute Gasteiger partial charge is 0.0587 e. The molecule has 0 radical (unpaired) electrons. The molecule has 6 aromatic carbocycles. The van der Waals surface area contributed by atoms with E-state index < -0.39 is 0 Å². The second kappa shape index (κ2) is 6.06. The maximum Gasteiger partial charge on any atom is -0.00137 e. The highest BCUT2D eigenvalue weighted by Gasteiger charge is 2.16. The second-order valence-electron chi connectivity index (χ2n) is 8.95. The van der Waals surface area contributed by atoms with Gasteiger partial charge in [0.05, 0.1) is 0 Å². The lowest BCUT2D eigenvalue weighted by molar-refractivity contribution is 1.50. The highest BCUT2D eigenvalue weighted by atomic mass is 14.2. The third kappa shape index (κ3) is 2.34. The summed E-state index contributed by atoms with van der Waals surface area (Å²) in [6.45, 7) is 8.79. The Morgan fingerprint density at radius 3 is 0.767 bits per heavy atom. The van der Waals surface area contributed by atoms with E-state index in [0.29, 0.717) is 0 Å². The van der Waals surface area contributed by atoms with E-state index in [1.54, 1.807) is 0 Å². The van der Waals surface area contributed by atoms with E-state index in [-0.39, 0.29) is 0 Å². The van der Waals surface area contributed by atoms with Crippen molar-refractivity contribution >= 4 is 53.9 Å². The average Bonchev–Trinajstić information content (AvgIpc) is 2.72. The number of aryl methyl sites for hydroxylation is 4. The van der Waals surface area contributed by atoms with E-state index in [0.717, 1.165) is 0 Å². The van der Waals surface area contributed by atoms with E-state index in [9.17, 15) is 0 Å². The molecule has 0 heteroatoms.